The fraction of sp³-hybridized carbons (Fsp3) is 0.467. The lowest BCUT2D eigenvalue weighted by molar-refractivity contribution is -0.121. The van der Waals surface area contributed by atoms with Crippen molar-refractivity contribution in [3.05, 3.63) is 29.8 Å². The Bertz CT molecular complexity index is 467. The number of hydrogen-bond acceptors (Lipinski definition) is 2. The maximum Gasteiger partial charge on any atom is 0.237 e. The highest BCUT2D eigenvalue weighted by Crippen LogP contribution is 2.32. The number of carbonyl (C=O) groups excluding carboxylic acids is 2. The Morgan fingerprint density at radius 3 is 2.50 bits per heavy atom. The summed E-state index contributed by atoms with van der Waals surface area (Å²) in [5.41, 5.74) is 1.48. The standard InChI is InChI=1S/C15H19NO2/c1-3-7-12-14(17)11-8-5-6-9-13(11)16(10-4-2)15(12)18/h5-6,8-9,12H,3-4,7,10H2,1-2H3. The summed E-state index contributed by atoms with van der Waals surface area (Å²) in [4.78, 5) is 26.5. The first-order valence-electron chi connectivity index (χ1n) is 6.65. The first kappa shape index (κ1) is 12.8. The quantitative estimate of drug-likeness (QED) is 0.764. The predicted octanol–water partition coefficient (Wildman–Crippen LogP) is 3.04. The lowest BCUT2D eigenvalue weighted by Gasteiger charge is -2.33. The molecule has 1 aromatic rings. The van der Waals surface area contributed by atoms with E-state index in [1.807, 2.05) is 38.1 Å². The molecule has 1 aliphatic heterocycles. The van der Waals surface area contributed by atoms with Gasteiger partial charge in [0.15, 0.2) is 5.78 Å². The van der Waals surface area contributed by atoms with Crippen molar-refractivity contribution in [3.63, 3.8) is 0 Å². The van der Waals surface area contributed by atoms with Crippen LogP contribution in [0.3, 0.4) is 0 Å². The molecular weight excluding hydrogens is 226 g/mol. The van der Waals surface area contributed by atoms with Crippen LogP contribution in [0, 0.1) is 5.92 Å². The molecule has 0 aromatic heterocycles. The fourth-order valence-corrected chi connectivity index (χ4v) is 2.52. The van der Waals surface area contributed by atoms with Gasteiger partial charge in [0, 0.05) is 12.1 Å². The van der Waals surface area contributed by atoms with E-state index >= 15 is 0 Å². The third-order valence-electron chi connectivity index (χ3n) is 3.37. The minimum absolute atomic E-state index is 0.00944. The summed E-state index contributed by atoms with van der Waals surface area (Å²) in [7, 11) is 0. The van der Waals surface area contributed by atoms with E-state index < -0.39 is 5.92 Å². The van der Waals surface area contributed by atoms with Gasteiger partial charge in [-0.15, -0.1) is 0 Å². The van der Waals surface area contributed by atoms with Crippen molar-refractivity contribution < 1.29 is 9.59 Å². The number of anilines is 1. The topological polar surface area (TPSA) is 37.4 Å². The lowest BCUT2D eigenvalue weighted by atomic mass is 9.87. The molecule has 0 spiro atoms. The largest absolute Gasteiger partial charge is 0.311 e. The number of carbonyl (C=O) groups is 2. The van der Waals surface area contributed by atoms with E-state index in [4.69, 9.17) is 0 Å². The molecule has 0 bridgehead atoms. The number of benzene rings is 1. The maximum atomic E-state index is 12.4. The maximum absolute atomic E-state index is 12.4. The molecule has 18 heavy (non-hydrogen) atoms. The molecule has 0 saturated heterocycles. The summed E-state index contributed by atoms with van der Waals surface area (Å²) < 4.78 is 0. The predicted molar refractivity (Wildman–Crippen MR) is 71.8 cm³/mol. The third kappa shape index (κ3) is 2.05. The van der Waals surface area contributed by atoms with E-state index in [0.29, 0.717) is 18.5 Å². The highest BCUT2D eigenvalue weighted by Gasteiger charge is 2.37. The molecule has 0 saturated carbocycles. The van der Waals surface area contributed by atoms with E-state index in [2.05, 4.69) is 0 Å². The number of Topliss-reactive ketones (excluding diaryl/α,β-unsaturated/α-hetero) is 1. The number of hydrogen-bond donors (Lipinski definition) is 0. The van der Waals surface area contributed by atoms with E-state index in [1.54, 1.807) is 4.90 Å². The van der Waals surface area contributed by atoms with Crippen LogP contribution in [-0.4, -0.2) is 18.2 Å². The number of amides is 1. The molecule has 1 unspecified atom stereocenters. The minimum atomic E-state index is -0.476. The van der Waals surface area contributed by atoms with Gasteiger partial charge in [-0.25, -0.2) is 0 Å². The van der Waals surface area contributed by atoms with Crippen LogP contribution in [0.1, 0.15) is 43.5 Å². The van der Waals surface area contributed by atoms with Gasteiger partial charge in [-0.1, -0.05) is 32.4 Å². The zero-order valence-corrected chi connectivity index (χ0v) is 11.0. The second-order valence-corrected chi connectivity index (χ2v) is 4.71. The highest BCUT2D eigenvalue weighted by molar-refractivity contribution is 6.21. The van der Waals surface area contributed by atoms with E-state index in [0.717, 1.165) is 18.5 Å². The number of para-hydroxylation sites is 1. The molecule has 1 atom stereocenters. The Morgan fingerprint density at radius 1 is 1.11 bits per heavy atom. The van der Waals surface area contributed by atoms with Crippen LogP contribution >= 0.6 is 0 Å². The molecule has 1 aromatic carbocycles. The second kappa shape index (κ2) is 5.34. The van der Waals surface area contributed by atoms with Crippen molar-refractivity contribution in [2.45, 2.75) is 33.1 Å². The Kier molecular flexibility index (Phi) is 3.80. The number of nitrogens with zero attached hydrogens (tertiary/aromatic N) is 1. The first-order chi connectivity index (χ1) is 8.70. The second-order valence-electron chi connectivity index (χ2n) is 4.71. The van der Waals surface area contributed by atoms with Gasteiger partial charge in [0.2, 0.25) is 5.91 Å². The molecule has 0 N–H and O–H groups in total. The van der Waals surface area contributed by atoms with Gasteiger partial charge in [0.25, 0.3) is 0 Å². The molecular formula is C15H19NO2. The molecule has 3 heteroatoms. The van der Waals surface area contributed by atoms with Gasteiger partial charge < -0.3 is 4.90 Å². The van der Waals surface area contributed by atoms with Crippen LogP contribution in [0.5, 0.6) is 0 Å². The number of fused-ring (bicyclic) bond motifs is 1. The van der Waals surface area contributed by atoms with Gasteiger partial charge in [-0.05, 0) is 25.0 Å². The fourth-order valence-electron chi connectivity index (χ4n) is 2.52. The van der Waals surface area contributed by atoms with Gasteiger partial charge >= 0.3 is 0 Å². The van der Waals surface area contributed by atoms with Crippen LogP contribution in [0.4, 0.5) is 5.69 Å². The summed E-state index contributed by atoms with van der Waals surface area (Å²) in [6.07, 6.45) is 2.39. The molecule has 1 heterocycles. The monoisotopic (exact) mass is 245 g/mol. The van der Waals surface area contributed by atoms with E-state index in [9.17, 15) is 9.59 Å². The van der Waals surface area contributed by atoms with Gasteiger partial charge in [0.05, 0.1) is 5.69 Å². The van der Waals surface area contributed by atoms with E-state index in [-0.39, 0.29) is 11.7 Å². The zero-order valence-electron chi connectivity index (χ0n) is 11.0. The molecule has 0 radical (unpaired) electrons. The number of ketones is 1. The summed E-state index contributed by atoms with van der Waals surface area (Å²) >= 11 is 0. The van der Waals surface area contributed by atoms with Crippen molar-refractivity contribution in [1.82, 2.24) is 0 Å². The molecule has 0 aliphatic carbocycles. The zero-order chi connectivity index (χ0) is 13.1. The van der Waals surface area contributed by atoms with Crippen molar-refractivity contribution in [2.75, 3.05) is 11.4 Å². The Labute approximate surface area is 108 Å². The molecule has 3 nitrogen and oxygen atoms in total. The van der Waals surface area contributed by atoms with Crippen molar-refractivity contribution >= 4 is 17.4 Å². The van der Waals surface area contributed by atoms with Crippen LogP contribution in [0.25, 0.3) is 0 Å². The van der Waals surface area contributed by atoms with E-state index in [1.165, 1.54) is 0 Å². The SMILES string of the molecule is CCCC1C(=O)c2ccccc2N(CCC)C1=O. The smallest absolute Gasteiger partial charge is 0.237 e. The minimum Gasteiger partial charge on any atom is -0.311 e. The summed E-state index contributed by atoms with van der Waals surface area (Å²) in [5, 5.41) is 0. The first-order valence-corrected chi connectivity index (χ1v) is 6.65. The molecule has 2 rings (SSSR count). The highest BCUT2D eigenvalue weighted by atomic mass is 16.2. The average molecular weight is 245 g/mol. The number of rotatable bonds is 4. The van der Waals surface area contributed by atoms with Crippen molar-refractivity contribution in [3.8, 4) is 0 Å². The molecule has 1 aliphatic rings. The third-order valence-corrected chi connectivity index (χ3v) is 3.37. The van der Waals surface area contributed by atoms with Crippen molar-refractivity contribution in [2.24, 2.45) is 5.92 Å². The Hall–Kier alpha value is -1.64. The van der Waals surface area contributed by atoms with Gasteiger partial charge in [-0.3, -0.25) is 9.59 Å². The average Bonchev–Trinajstić information content (AvgIpc) is 2.39. The van der Waals surface area contributed by atoms with Crippen LogP contribution in [0.15, 0.2) is 24.3 Å². The summed E-state index contributed by atoms with van der Waals surface area (Å²) in [6.45, 7) is 4.73. The summed E-state index contributed by atoms with van der Waals surface area (Å²) in [5.74, 6) is -0.511. The lowest BCUT2D eigenvalue weighted by Crippen LogP contribution is -2.45. The van der Waals surface area contributed by atoms with Crippen LogP contribution in [-0.2, 0) is 4.79 Å². The molecule has 1 amide bonds. The van der Waals surface area contributed by atoms with Crippen LogP contribution in [0.2, 0.25) is 0 Å². The molecule has 0 fully saturated rings. The normalized spacial score (nSPS) is 19.0. The Balaban J connectivity index is 2.45. The van der Waals surface area contributed by atoms with Crippen LogP contribution < -0.4 is 4.90 Å². The molecule has 96 valence electrons. The Morgan fingerprint density at radius 2 is 1.83 bits per heavy atom. The van der Waals surface area contributed by atoms with Gasteiger partial charge in [-0.2, -0.15) is 0 Å². The summed E-state index contributed by atoms with van der Waals surface area (Å²) in [6, 6.07) is 7.43. The van der Waals surface area contributed by atoms with Gasteiger partial charge in [0.1, 0.15) is 5.92 Å². The van der Waals surface area contributed by atoms with Crippen molar-refractivity contribution in [1.29, 1.82) is 0 Å².